The number of rotatable bonds is 13. The molecule has 3 N–H and O–H groups in total. The number of nitrogens with one attached hydrogen (secondary N) is 2. The first-order valence-corrected chi connectivity index (χ1v) is 11.5. The summed E-state index contributed by atoms with van der Waals surface area (Å²) in [6.45, 7) is 6.64. The van der Waals surface area contributed by atoms with Crippen LogP contribution in [0.2, 0.25) is 0 Å². The van der Waals surface area contributed by atoms with Gasteiger partial charge in [0.15, 0.2) is 0 Å². The number of benzene rings is 1. The Morgan fingerprint density at radius 2 is 2.10 bits per heavy atom. The molecule has 1 aromatic carbocycles. The largest absolute Gasteiger partial charge is 0.444 e. The lowest BCUT2D eigenvalue weighted by molar-refractivity contribution is 0.0684. The number of unbranched alkanes of at least 4 members (excludes halogenated alkanes) is 1. The zero-order valence-corrected chi connectivity index (χ0v) is 19.0. The van der Waals surface area contributed by atoms with Crippen molar-refractivity contribution in [2.24, 2.45) is 5.41 Å². The molecule has 6 nitrogen and oxygen atoms in total. The molecule has 1 saturated heterocycles. The van der Waals surface area contributed by atoms with Crippen molar-refractivity contribution in [3.63, 3.8) is 0 Å². The van der Waals surface area contributed by atoms with Crippen LogP contribution in [-0.4, -0.2) is 61.6 Å². The Bertz CT molecular complexity index is 608. The molecule has 1 aliphatic rings. The molecule has 3 atom stereocenters. The summed E-state index contributed by atoms with van der Waals surface area (Å²) in [6.07, 6.45) is 2.96. The maximum atomic E-state index is 12.4. The van der Waals surface area contributed by atoms with Crippen LogP contribution in [0.3, 0.4) is 0 Å². The summed E-state index contributed by atoms with van der Waals surface area (Å²) in [7, 11) is 0. The van der Waals surface area contributed by atoms with E-state index in [0.717, 1.165) is 31.4 Å². The molecule has 30 heavy (non-hydrogen) atoms. The van der Waals surface area contributed by atoms with Gasteiger partial charge in [0.1, 0.15) is 6.10 Å². The third-order valence-electron chi connectivity index (χ3n) is 5.42. The predicted molar refractivity (Wildman–Crippen MR) is 120 cm³/mol. The number of hydrogen-bond acceptors (Lipinski definition) is 5. The lowest BCUT2D eigenvalue weighted by Crippen LogP contribution is -2.50. The lowest BCUT2D eigenvalue weighted by atomic mass is 9.87. The maximum Gasteiger partial charge on any atom is 0.407 e. The van der Waals surface area contributed by atoms with E-state index in [1.165, 1.54) is 0 Å². The van der Waals surface area contributed by atoms with E-state index >= 15 is 0 Å². The van der Waals surface area contributed by atoms with E-state index in [1.807, 2.05) is 30.3 Å². The van der Waals surface area contributed by atoms with E-state index in [0.29, 0.717) is 38.5 Å². The highest BCUT2D eigenvalue weighted by Crippen LogP contribution is 2.22. The van der Waals surface area contributed by atoms with Crippen LogP contribution in [0.15, 0.2) is 30.3 Å². The second-order valence-electron chi connectivity index (χ2n) is 8.84. The average Bonchev–Trinajstić information content (AvgIpc) is 3.21. The molecular formula is C23H37ClN2O4. The van der Waals surface area contributed by atoms with Gasteiger partial charge in [-0.3, -0.25) is 0 Å². The monoisotopic (exact) mass is 440 g/mol. The summed E-state index contributed by atoms with van der Waals surface area (Å²) < 4.78 is 10.7. The van der Waals surface area contributed by atoms with Crippen molar-refractivity contribution in [3.05, 3.63) is 35.9 Å². The fourth-order valence-electron chi connectivity index (χ4n) is 3.58. The van der Waals surface area contributed by atoms with Gasteiger partial charge in [0.2, 0.25) is 0 Å². The van der Waals surface area contributed by atoms with E-state index in [-0.39, 0.29) is 11.5 Å². The van der Waals surface area contributed by atoms with Crippen LogP contribution in [0.5, 0.6) is 0 Å². The molecular weight excluding hydrogens is 404 g/mol. The van der Waals surface area contributed by atoms with Crippen LogP contribution in [-0.2, 0) is 15.9 Å². The molecule has 7 heteroatoms. The molecule has 1 heterocycles. The van der Waals surface area contributed by atoms with E-state index in [2.05, 4.69) is 24.5 Å². The Morgan fingerprint density at radius 3 is 2.77 bits per heavy atom. The Kier molecular flexibility index (Phi) is 10.9. The van der Waals surface area contributed by atoms with Gasteiger partial charge >= 0.3 is 6.09 Å². The fourth-order valence-corrected chi connectivity index (χ4v) is 3.77. The minimum atomic E-state index is -0.740. The highest BCUT2D eigenvalue weighted by molar-refractivity contribution is 6.17. The predicted octanol–water partition coefficient (Wildman–Crippen LogP) is 3.50. The molecule has 1 aromatic rings. The van der Waals surface area contributed by atoms with E-state index in [9.17, 15) is 9.90 Å². The van der Waals surface area contributed by atoms with Crippen LogP contribution < -0.4 is 10.6 Å². The van der Waals surface area contributed by atoms with Crippen molar-refractivity contribution in [1.29, 1.82) is 0 Å². The van der Waals surface area contributed by atoms with Gasteiger partial charge in [0.25, 0.3) is 0 Å². The Hall–Kier alpha value is -1.34. The molecule has 0 radical (unpaired) electrons. The number of carbonyl (C=O) groups is 1. The van der Waals surface area contributed by atoms with Gasteiger partial charge in [-0.15, -0.1) is 11.6 Å². The zero-order chi connectivity index (χ0) is 21.8. The summed E-state index contributed by atoms with van der Waals surface area (Å²) >= 11 is 5.77. The lowest BCUT2D eigenvalue weighted by Gasteiger charge is -2.28. The summed E-state index contributed by atoms with van der Waals surface area (Å²) in [5.41, 5.74) is 1.17. The SMILES string of the molecule is CC(C)(CCCCCl)CNCC(O)C(Cc1ccccc1)NC(=O)OC1CCOC1. The normalized spacial score (nSPS) is 18.7. The van der Waals surface area contributed by atoms with Crippen LogP contribution in [0.4, 0.5) is 4.79 Å². The van der Waals surface area contributed by atoms with Crippen molar-refractivity contribution >= 4 is 17.7 Å². The molecule has 0 saturated carbocycles. The third-order valence-corrected chi connectivity index (χ3v) is 5.69. The number of aliphatic hydroxyl groups is 1. The van der Waals surface area contributed by atoms with Crippen LogP contribution in [0.25, 0.3) is 0 Å². The van der Waals surface area contributed by atoms with Crippen molar-refractivity contribution in [2.75, 3.05) is 32.2 Å². The summed E-state index contributed by atoms with van der Waals surface area (Å²) in [5, 5.41) is 17.0. The van der Waals surface area contributed by atoms with Crippen molar-refractivity contribution < 1.29 is 19.4 Å². The number of amides is 1. The van der Waals surface area contributed by atoms with Gasteiger partial charge < -0.3 is 25.2 Å². The molecule has 0 aliphatic carbocycles. The number of halogens is 1. The number of hydrogen-bond donors (Lipinski definition) is 3. The number of aliphatic hydroxyl groups excluding tert-OH is 1. The zero-order valence-electron chi connectivity index (χ0n) is 18.2. The van der Waals surface area contributed by atoms with Crippen molar-refractivity contribution in [2.45, 2.75) is 64.2 Å². The minimum absolute atomic E-state index is 0.121. The standard InChI is InChI=1S/C23H37ClN2O4/c1-23(2,11-6-7-12-24)17-25-15-21(27)20(14-18-8-4-3-5-9-18)26-22(28)30-19-10-13-29-16-19/h3-5,8-9,19-21,25,27H,6-7,10-17H2,1-2H3,(H,26,28). The molecule has 3 unspecified atom stereocenters. The van der Waals surface area contributed by atoms with E-state index in [1.54, 1.807) is 0 Å². The molecule has 2 rings (SSSR count). The maximum absolute atomic E-state index is 12.4. The highest BCUT2D eigenvalue weighted by Gasteiger charge is 2.26. The smallest absolute Gasteiger partial charge is 0.407 e. The average molecular weight is 441 g/mol. The Labute approximate surface area is 185 Å². The molecule has 0 aromatic heterocycles. The quantitative estimate of drug-likeness (QED) is 0.323. The molecule has 1 aliphatic heterocycles. The topological polar surface area (TPSA) is 79.8 Å². The first kappa shape index (κ1) is 24.9. The summed E-state index contributed by atoms with van der Waals surface area (Å²) in [5.74, 6) is 0.693. The van der Waals surface area contributed by atoms with E-state index in [4.69, 9.17) is 21.1 Å². The van der Waals surface area contributed by atoms with Gasteiger partial charge in [-0.2, -0.15) is 0 Å². The Morgan fingerprint density at radius 1 is 1.33 bits per heavy atom. The van der Waals surface area contributed by atoms with Crippen molar-refractivity contribution in [3.8, 4) is 0 Å². The first-order valence-electron chi connectivity index (χ1n) is 10.9. The van der Waals surface area contributed by atoms with Crippen LogP contribution >= 0.6 is 11.6 Å². The first-order chi connectivity index (χ1) is 14.4. The molecule has 1 amide bonds. The highest BCUT2D eigenvalue weighted by atomic mass is 35.5. The summed E-state index contributed by atoms with van der Waals surface area (Å²) in [6, 6.07) is 9.39. The molecule has 0 spiro atoms. The van der Waals surface area contributed by atoms with Gasteiger partial charge in [0, 0.05) is 25.4 Å². The van der Waals surface area contributed by atoms with Gasteiger partial charge in [-0.25, -0.2) is 4.79 Å². The van der Waals surface area contributed by atoms with Crippen LogP contribution in [0, 0.1) is 5.41 Å². The second kappa shape index (κ2) is 13.2. The van der Waals surface area contributed by atoms with Crippen LogP contribution in [0.1, 0.15) is 45.1 Å². The third kappa shape index (κ3) is 9.65. The number of alkyl carbamates (subject to hydrolysis) is 1. The fraction of sp³-hybridized carbons (Fsp3) is 0.696. The van der Waals surface area contributed by atoms with Gasteiger partial charge in [-0.05, 0) is 30.2 Å². The molecule has 170 valence electrons. The van der Waals surface area contributed by atoms with Gasteiger partial charge in [-0.1, -0.05) is 50.6 Å². The van der Waals surface area contributed by atoms with Gasteiger partial charge in [0.05, 0.1) is 25.4 Å². The number of carbonyl (C=O) groups excluding carboxylic acids is 1. The number of alkyl halides is 1. The van der Waals surface area contributed by atoms with E-state index < -0.39 is 18.2 Å². The minimum Gasteiger partial charge on any atom is -0.444 e. The summed E-state index contributed by atoms with van der Waals surface area (Å²) in [4.78, 5) is 12.4. The second-order valence-corrected chi connectivity index (χ2v) is 9.22. The molecule has 1 fully saturated rings. The molecule has 0 bridgehead atoms. The number of ether oxygens (including phenoxy) is 2. The van der Waals surface area contributed by atoms with Crippen molar-refractivity contribution in [1.82, 2.24) is 10.6 Å². The Balaban J connectivity index is 1.87.